The van der Waals surface area contributed by atoms with Gasteiger partial charge in [-0.05, 0) is 39.8 Å². The molecule has 0 aromatic heterocycles. The van der Waals surface area contributed by atoms with Gasteiger partial charge in [-0.25, -0.2) is 0 Å². The Morgan fingerprint density at radius 2 is 0.938 bits per heavy atom. The molecule has 0 atom stereocenters. The van der Waals surface area contributed by atoms with E-state index in [9.17, 15) is 9.59 Å². The third kappa shape index (κ3) is 5.16. The van der Waals surface area contributed by atoms with Crippen LogP contribution in [0.2, 0.25) is 0 Å². The Labute approximate surface area is 292 Å². The maximum atomic E-state index is 14.0. The number of hydrazone groups is 2. The summed E-state index contributed by atoms with van der Waals surface area (Å²) in [6.07, 6.45) is 3.59. The van der Waals surface area contributed by atoms with Gasteiger partial charge in [-0.1, -0.05) is 60.7 Å². The Balaban J connectivity index is 0.00000225. The Bertz CT molecular complexity index is 1980. The van der Waals surface area contributed by atoms with Crippen LogP contribution in [-0.2, 0) is 10.8 Å². The minimum absolute atomic E-state index is 0. The fourth-order valence-electron chi connectivity index (χ4n) is 7.21. The summed E-state index contributed by atoms with van der Waals surface area (Å²) in [5.74, 6) is -0.481. The van der Waals surface area contributed by atoms with Crippen molar-refractivity contribution in [2.45, 2.75) is 38.5 Å². The zero-order valence-electron chi connectivity index (χ0n) is 27.6. The van der Waals surface area contributed by atoms with E-state index in [-0.39, 0.29) is 47.2 Å². The van der Waals surface area contributed by atoms with E-state index in [0.717, 1.165) is 22.8 Å². The van der Waals surface area contributed by atoms with Crippen LogP contribution in [0.3, 0.4) is 0 Å². The maximum Gasteiger partial charge on any atom is 0.212 e. The third-order valence-electron chi connectivity index (χ3n) is 9.70. The van der Waals surface area contributed by atoms with Gasteiger partial charge in [0, 0.05) is 34.4 Å². The first-order valence-electron chi connectivity index (χ1n) is 15.4. The zero-order chi connectivity index (χ0) is 32.4. The lowest BCUT2D eigenvalue weighted by Crippen LogP contribution is -3.00. The molecule has 2 N–H and O–H groups in total. The number of hydrogen-bond donors (Lipinski definition) is 2. The van der Waals surface area contributed by atoms with Gasteiger partial charge in [0.1, 0.15) is 26.5 Å². The van der Waals surface area contributed by atoms with Crippen molar-refractivity contribution < 1.29 is 43.6 Å². The monoisotopic (exact) mass is 678 g/mol. The van der Waals surface area contributed by atoms with Crippen LogP contribution in [-0.4, -0.2) is 58.7 Å². The van der Waals surface area contributed by atoms with E-state index < -0.39 is 0 Å². The number of halogens is 2. The van der Waals surface area contributed by atoms with Crippen LogP contribution in [0, 0.1) is 0 Å². The predicted octanol–water partition coefficient (Wildman–Crippen LogP) is 0.678. The molecule has 2 heterocycles. The molecule has 1 aliphatic carbocycles. The molecule has 10 heteroatoms. The van der Waals surface area contributed by atoms with Crippen molar-refractivity contribution in [3.8, 4) is 0 Å². The van der Waals surface area contributed by atoms with Crippen molar-refractivity contribution >= 4 is 58.2 Å². The van der Waals surface area contributed by atoms with Gasteiger partial charge in [0.05, 0.1) is 33.3 Å². The van der Waals surface area contributed by atoms with Crippen molar-refractivity contribution in [2.75, 3.05) is 24.9 Å². The van der Waals surface area contributed by atoms with E-state index in [1.54, 1.807) is 48.8 Å². The van der Waals surface area contributed by atoms with Crippen molar-refractivity contribution in [1.29, 1.82) is 0 Å². The Morgan fingerprint density at radius 3 is 1.31 bits per heavy atom. The molecule has 0 saturated carbocycles. The summed E-state index contributed by atoms with van der Waals surface area (Å²) >= 11 is 0. The van der Waals surface area contributed by atoms with E-state index in [0.29, 0.717) is 33.6 Å². The molecule has 0 radical (unpaired) electrons. The molecule has 0 bridgehead atoms. The number of carbonyl (C=O) groups is 2. The van der Waals surface area contributed by atoms with E-state index in [2.05, 4.69) is 82.2 Å². The van der Waals surface area contributed by atoms with Crippen molar-refractivity contribution in [3.05, 3.63) is 118 Å². The van der Waals surface area contributed by atoms with E-state index in [4.69, 9.17) is 0 Å². The normalized spacial score (nSPS) is 16.7. The lowest BCUT2D eigenvalue weighted by molar-refractivity contribution is -0.400. The lowest BCUT2D eigenvalue weighted by atomic mass is 9.82. The highest BCUT2D eigenvalue weighted by atomic mass is 35.5. The van der Waals surface area contributed by atoms with Crippen molar-refractivity contribution in [3.63, 3.8) is 0 Å². The minimum atomic E-state index is -0.241. The van der Waals surface area contributed by atoms with Crippen LogP contribution in [0.4, 0.5) is 22.7 Å². The van der Waals surface area contributed by atoms with Gasteiger partial charge in [0.2, 0.25) is 22.8 Å². The molecule has 4 aromatic rings. The van der Waals surface area contributed by atoms with Gasteiger partial charge < -0.3 is 24.8 Å². The number of nitrogens with one attached hydrogen (secondary N) is 2. The van der Waals surface area contributed by atoms with Gasteiger partial charge in [-0.3, -0.25) is 20.4 Å². The third-order valence-corrected chi connectivity index (χ3v) is 9.70. The summed E-state index contributed by atoms with van der Waals surface area (Å²) in [5, 5.41) is 9.10. The van der Waals surface area contributed by atoms with Gasteiger partial charge in [-0.15, -0.1) is 0 Å². The number of benzene rings is 4. The molecule has 3 aliphatic rings. The molecule has 0 spiro atoms. The highest BCUT2D eigenvalue weighted by Crippen LogP contribution is 2.40. The van der Waals surface area contributed by atoms with E-state index >= 15 is 0 Å². The first-order valence-corrected chi connectivity index (χ1v) is 15.4. The SMILES string of the molecule is C[N+]1=C(/C=N/Nc2cccc3c2C(=O)c2cccc(N/N=C/C4=[N+](C)c5ccccc5C4(C)C)c2C3=O)C(C)(C)c2ccccc21.[Cl-].[Cl-]. The minimum Gasteiger partial charge on any atom is -1.00 e. The van der Waals surface area contributed by atoms with Gasteiger partial charge >= 0.3 is 0 Å². The highest BCUT2D eigenvalue weighted by Gasteiger charge is 2.44. The summed E-state index contributed by atoms with van der Waals surface area (Å²) in [5.41, 5.74) is 14.7. The molecule has 0 fully saturated rings. The molecule has 4 aromatic carbocycles. The molecular weight excluding hydrogens is 643 g/mol. The number of anilines is 2. The summed E-state index contributed by atoms with van der Waals surface area (Å²) in [7, 11) is 4.05. The number of ketones is 2. The van der Waals surface area contributed by atoms with Crippen molar-refractivity contribution in [1.82, 2.24) is 0 Å². The fraction of sp³-hybridized carbons (Fsp3) is 0.211. The topological polar surface area (TPSA) is 88.9 Å². The summed E-state index contributed by atoms with van der Waals surface area (Å²) < 4.78 is 4.26. The van der Waals surface area contributed by atoms with Crippen LogP contribution < -0.4 is 35.7 Å². The number of fused-ring (bicyclic) bond motifs is 4. The van der Waals surface area contributed by atoms with Crippen LogP contribution in [0.1, 0.15) is 70.7 Å². The maximum absolute atomic E-state index is 14.0. The molecule has 48 heavy (non-hydrogen) atoms. The quantitative estimate of drug-likeness (QED) is 0.157. The number of nitrogens with zero attached hydrogens (tertiary/aromatic N) is 4. The number of para-hydroxylation sites is 2. The predicted molar refractivity (Wildman–Crippen MR) is 185 cm³/mol. The highest BCUT2D eigenvalue weighted by molar-refractivity contribution is 6.35. The van der Waals surface area contributed by atoms with Crippen molar-refractivity contribution in [2.24, 2.45) is 10.2 Å². The Hall–Kier alpha value is -4.92. The molecular formula is C38H36Cl2N6O2. The second-order valence-corrected chi connectivity index (χ2v) is 13.0. The number of hydrogen-bond acceptors (Lipinski definition) is 6. The molecule has 8 nitrogen and oxygen atoms in total. The van der Waals surface area contributed by atoms with Gasteiger partial charge in [-0.2, -0.15) is 19.4 Å². The molecule has 244 valence electrons. The number of carbonyl (C=O) groups excluding carboxylic acids is 2. The Kier molecular flexibility index (Phi) is 9.03. The smallest absolute Gasteiger partial charge is 0.212 e. The fourth-order valence-corrected chi connectivity index (χ4v) is 7.21. The second-order valence-electron chi connectivity index (χ2n) is 13.0. The molecule has 0 saturated heterocycles. The second kappa shape index (κ2) is 12.6. The molecule has 2 aliphatic heterocycles. The number of rotatable bonds is 6. The summed E-state index contributed by atoms with van der Waals surface area (Å²) in [4.78, 5) is 27.9. The van der Waals surface area contributed by atoms with Gasteiger partial charge in [0.15, 0.2) is 11.6 Å². The van der Waals surface area contributed by atoms with Crippen LogP contribution >= 0.6 is 0 Å². The van der Waals surface area contributed by atoms with Gasteiger partial charge in [0.25, 0.3) is 0 Å². The Morgan fingerprint density at radius 1 is 0.562 bits per heavy atom. The molecule has 0 unspecified atom stereocenters. The first-order chi connectivity index (χ1) is 22.0. The van der Waals surface area contributed by atoms with E-state index in [1.807, 2.05) is 38.4 Å². The average molecular weight is 680 g/mol. The largest absolute Gasteiger partial charge is 1.00 e. The standard InChI is InChI=1S/C38H34N6O2.2ClH/c1-37(2)25-15-7-9-19-29(25)43(5)31(37)21-39-41-27-17-11-13-23-33(27)35(45)24-14-12-18-28(34(24)36(23)46)42-40-22-32-38(3,4)26-16-8-10-20-30(26)44(32)6;;/h7-22H,1-6H3;2*1H. The molecule has 0 amide bonds. The summed E-state index contributed by atoms with van der Waals surface area (Å²) in [6, 6.07) is 27.1. The summed E-state index contributed by atoms with van der Waals surface area (Å²) in [6.45, 7) is 8.67. The first kappa shape index (κ1) is 34.4. The average Bonchev–Trinajstić information content (AvgIpc) is 3.37. The van der Waals surface area contributed by atoms with Crippen LogP contribution in [0.5, 0.6) is 0 Å². The van der Waals surface area contributed by atoms with Crippen LogP contribution in [0.15, 0.2) is 95.1 Å². The lowest BCUT2D eigenvalue weighted by Gasteiger charge is -2.21. The van der Waals surface area contributed by atoms with Crippen LogP contribution in [0.25, 0.3) is 0 Å². The van der Waals surface area contributed by atoms with E-state index in [1.165, 1.54) is 11.1 Å². The molecule has 7 rings (SSSR count). The zero-order valence-corrected chi connectivity index (χ0v) is 29.1.